The van der Waals surface area contributed by atoms with Gasteiger partial charge in [0.05, 0.1) is 6.04 Å². The molecule has 0 radical (unpaired) electrons. The third kappa shape index (κ3) is 2.81. The van der Waals surface area contributed by atoms with E-state index in [2.05, 4.69) is 21.5 Å². The largest absolute Gasteiger partial charge is 0.335 e. The third-order valence-corrected chi connectivity index (χ3v) is 5.06. The number of imidazole rings is 2. The van der Waals surface area contributed by atoms with Crippen LogP contribution in [0.25, 0.3) is 5.65 Å². The van der Waals surface area contributed by atoms with Crippen molar-refractivity contribution in [1.82, 2.24) is 23.8 Å². The summed E-state index contributed by atoms with van der Waals surface area (Å²) in [5, 5.41) is 0. The molecule has 25 heavy (non-hydrogen) atoms. The fraction of sp³-hybridized carbons (Fsp3) is 0.421. The van der Waals surface area contributed by atoms with Gasteiger partial charge in [-0.25, -0.2) is 9.97 Å². The van der Waals surface area contributed by atoms with E-state index in [4.69, 9.17) is 0 Å². The van der Waals surface area contributed by atoms with Gasteiger partial charge in [-0.3, -0.25) is 4.79 Å². The number of likely N-dealkylation sites (tertiary alicyclic amines) is 1. The van der Waals surface area contributed by atoms with Gasteiger partial charge in [0.2, 0.25) is 0 Å². The zero-order valence-electron chi connectivity index (χ0n) is 14.7. The Kier molecular flexibility index (Phi) is 4.03. The molecule has 1 fully saturated rings. The van der Waals surface area contributed by atoms with Crippen LogP contribution < -0.4 is 0 Å². The number of hydrogen-bond donors (Lipinski definition) is 0. The van der Waals surface area contributed by atoms with Crippen LogP contribution in [0.4, 0.5) is 0 Å². The average Bonchev–Trinajstić information content (AvgIpc) is 3.28. The molecule has 6 heteroatoms. The lowest BCUT2D eigenvalue weighted by Gasteiger charge is -2.33. The number of hydrogen-bond acceptors (Lipinski definition) is 3. The van der Waals surface area contributed by atoms with Gasteiger partial charge in [0.1, 0.15) is 17.2 Å². The minimum atomic E-state index is 0.0194. The van der Waals surface area contributed by atoms with Crippen LogP contribution in [0.15, 0.2) is 36.8 Å². The van der Waals surface area contributed by atoms with Crippen LogP contribution in [-0.2, 0) is 6.42 Å². The van der Waals surface area contributed by atoms with Crippen molar-refractivity contribution in [2.24, 2.45) is 0 Å². The minimum absolute atomic E-state index is 0.0194. The Balaban J connectivity index is 1.58. The Bertz CT molecular complexity index is 910. The van der Waals surface area contributed by atoms with Gasteiger partial charge < -0.3 is 13.9 Å². The highest BCUT2D eigenvalue weighted by atomic mass is 16.2. The summed E-state index contributed by atoms with van der Waals surface area (Å²) in [7, 11) is 0. The molecule has 0 aliphatic carbocycles. The molecule has 0 bridgehead atoms. The predicted octanol–water partition coefficient (Wildman–Crippen LogP) is 2.88. The number of carbonyl (C=O) groups excluding carboxylic acids is 1. The maximum atomic E-state index is 13.0. The molecule has 4 heterocycles. The molecule has 0 N–H and O–H groups in total. The zero-order chi connectivity index (χ0) is 17.4. The molecule has 3 aromatic rings. The van der Waals surface area contributed by atoms with Crippen LogP contribution in [0.5, 0.6) is 0 Å². The summed E-state index contributed by atoms with van der Waals surface area (Å²) in [5.74, 6) is 1.11. The normalized spacial score (nSPS) is 18.0. The van der Waals surface area contributed by atoms with Gasteiger partial charge in [-0.1, -0.05) is 13.0 Å². The van der Waals surface area contributed by atoms with Crippen LogP contribution in [-0.4, -0.2) is 42.8 Å². The monoisotopic (exact) mass is 337 g/mol. The number of pyridine rings is 1. The first-order valence-electron chi connectivity index (χ1n) is 8.93. The van der Waals surface area contributed by atoms with Gasteiger partial charge >= 0.3 is 0 Å². The van der Waals surface area contributed by atoms with Crippen LogP contribution in [0, 0.1) is 6.92 Å². The second-order valence-electron chi connectivity index (χ2n) is 6.67. The zero-order valence-corrected chi connectivity index (χ0v) is 14.7. The molecule has 4 rings (SSSR count). The molecule has 1 atom stereocenters. The molecule has 0 saturated carbocycles. The van der Waals surface area contributed by atoms with E-state index >= 15 is 0 Å². The van der Waals surface area contributed by atoms with Crippen molar-refractivity contribution in [3.8, 4) is 0 Å². The number of aryl methyl sites for hydroxylation is 2. The minimum Gasteiger partial charge on any atom is -0.335 e. The van der Waals surface area contributed by atoms with Crippen LogP contribution in [0.1, 0.15) is 47.8 Å². The van der Waals surface area contributed by atoms with Crippen molar-refractivity contribution in [3.63, 3.8) is 0 Å². The molecule has 1 saturated heterocycles. The van der Waals surface area contributed by atoms with Gasteiger partial charge in [0.25, 0.3) is 5.91 Å². The summed E-state index contributed by atoms with van der Waals surface area (Å²) in [6, 6.07) is 6.22. The Hall–Kier alpha value is -2.63. The summed E-state index contributed by atoms with van der Waals surface area (Å²) in [6.45, 7) is 5.64. The first-order valence-corrected chi connectivity index (χ1v) is 8.93. The molecular weight excluding hydrogens is 314 g/mol. The molecule has 0 unspecified atom stereocenters. The Labute approximate surface area is 147 Å². The molecule has 1 aliphatic heterocycles. The highest BCUT2D eigenvalue weighted by Gasteiger charge is 2.27. The smallest absolute Gasteiger partial charge is 0.274 e. The van der Waals surface area contributed by atoms with Gasteiger partial charge in [0.15, 0.2) is 0 Å². The first kappa shape index (κ1) is 15.9. The van der Waals surface area contributed by atoms with E-state index < -0.39 is 0 Å². The summed E-state index contributed by atoms with van der Waals surface area (Å²) in [6.07, 6.45) is 8.73. The van der Waals surface area contributed by atoms with E-state index in [9.17, 15) is 4.79 Å². The van der Waals surface area contributed by atoms with E-state index in [0.29, 0.717) is 11.7 Å². The molecule has 0 aromatic carbocycles. The molecule has 0 spiro atoms. The topological polar surface area (TPSA) is 55.4 Å². The van der Waals surface area contributed by atoms with Crippen molar-refractivity contribution in [3.05, 3.63) is 54.0 Å². The van der Waals surface area contributed by atoms with E-state index in [1.165, 1.54) is 0 Å². The van der Waals surface area contributed by atoms with Crippen LogP contribution in [0.2, 0.25) is 0 Å². The number of fused-ring (bicyclic) bond motifs is 1. The summed E-state index contributed by atoms with van der Waals surface area (Å²) in [5.41, 5.74) is 2.42. The lowest BCUT2D eigenvalue weighted by Crippen LogP contribution is -2.41. The molecule has 1 aliphatic rings. The fourth-order valence-corrected chi connectivity index (χ4v) is 3.73. The third-order valence-electron chi connectivity index (χ3n) is 5.06. The number of aromatic nitrogens is 4. The maximum Gasteiger partial charge on any atom is 0.274 e. The SMILES string of the molecule is CCc1nccn1[C@H]1CCCN(C(=O)c2cn3c(C)cccc3n2)C1. The van der Waals surface area contributed by atoms with Crippen molar-refractivity contribution in [2.45, 2.75) is 39.2 Å². The second kappa shape index (κ2) is 6.35. The number of rotatable bonds is 3. The molecule has 6 nitrogen and oxygen atoms in total. The average molecular weight is 337 g/mol. The number of amides is 1. The molecule has 1 amide bonds. The quantitative estimate of drug-likeness (QED) is 0.738. The van der Waals surface area contributed by atoms with Crippen molar-refractivity contribution in [2.75, 3.05) is 13.1 Å². The second-order valence-corrected chi connectivity index (χ2v) is 6.67. The van der Waals surface area contributed by atoms with Gasteiger partial charge in [-0.2, -0.15) is 0 Å². The van der Waals surface area contributed by atoms with Gasteiger partial charge in [0, 0.05) is 43.8 Å². The van der Waals surface area contributed by atoms with Crippen molar-refractivity contribution in [1.29, 1.82) is 0 Å². The summed E-state index contributed by atoms with van der Waals surface area (Å²) < 4.78 is 4.20. The predicted molar refractivity (Wildman–Crippen MR) is 95.7 cm³/mol. The van der Waals surface area contributed by atoms with E-state index in [0.717, 1.165) is 49.5 Å². The van der Waals surface area contributed by atoms with Crippen molar-refractivity contribution >= 4 is 11.6 Å². The van der Waals surface area contributed by atoms with Gasteiger partial charge in [-0.15, -0.1) is 0 Å². The fourth-order valence-electron chi connectivity index (χ4n) is 3.73. The van der Waals surface area contributed by atoms with Crippen LogP contribution >= 0.6 is 0 Å². The van der Waals surface area contributed by atoms with Crippen LogP contribution in [0.3, 0.4) is 0 Å². The maximum absolute atomic E-state index is 13.0. The summed E-state index contributed by atoms with van der Waals surface area (Å²) in [4.78, 5) is 23.9. The molecule has 130 valence electrons. The van der Waals surface area contributed by atoms with E-state index in [1.54, 1.807) is 0 Å². The highest BCUT2D eigenvalue weighted by molar-refractivity contribution is 5.93. The van der Waals surface area contributed by atoms with E-state index in [1.807, 2.05) is 53.0 Å². The highest BCUT2D eigenvalue weighted by Crippen LogP contribution is 2.24. The lowest BCUT2D eigenvalue weighted by atomic mass is 10.0. The van der Waals surface area contributed by atoms with E-state index in [-0.39, 0.29) is 5.91 Å². The molecular formula is C19H23N5O. The lowest BCUT2D eigenvalue weighted by molar-refractivity contribution is 0.0672. The summed E-state index contributed by atoms with van der Waals surface area (Å²) >= 11 is 0. The number of piperidine rings is 1. The standard InChI is InChI=1S/C19H23N5O/c1-3-17-20-9-11-23(17)15-7-5-10-22(12-15)19(25)16-13-24-14(2)6-4-8-18(24)21-16/h4,6,8-9,11,13,15H,3,5,7,10,12H2,1-2H3/t15-/m0/s1. The van der Waals surface area contributed by atoms with Gasteiger partial charge in [-0.05, 0) is 31.9 Å². The number of nitrogens with zero attached hydrogens (tertiary/aromatic N) is 5. The first-order chi connectivity index (χ1) is 12.2. The van der Waals surface area contributed by atoms with Crippen molar-refractivity contribution < 1.29 is 4.79 Å². The molecule has 3 aromatic heterocycles. The number of carbonyl (C=O) groups is 1. The Morgan fingerprint density at radius 2 is 2.24 bits per heavy atom. The Morgan fingerprint density at radius 3 is 3.04 bits per heavy atom. The Morgan fingerprint density at radius 1 is 1.36 bits per heavy atom.